The molecule has 3 aromatic heterocycles. The van der Waals surface area contributed by atoms with Crippen molar-refractivity contribution in [2.45, 2.75) is 44.3 Å². The number of anilines is 1. The first-order valence-corrected chi connectivity index (χ1v) is 9.96. The van der Waals surface area contributed by atoms with Crippen molar-refractivity contribution >= 4 is 27.8 Å². The van der Waals surface area contributed by atoms with E-state index in [1.165, 1.54) is 6.33 Å². The molecule has 5 rings (SSSR count). The van der Waals surface area contributed by atoms with E-state index in [0.29, 0.717) is 24.3 Å². The van der Waals surface area contributed by atoms with Crippen molar-refractivity contribution in [1.82, 2.24) is 19.5 Å². The fourth-order valence-electron chi connectivity index (χ4n) is 4.14. The highest BCUT2D eigenvalue weighted by atomic mass is 16.6. The molecule has 8 nitrogen and oxygen atoms in total. The molecule has 4 aromatic rings. The molecule has 8 heteroatoms. The largest absolute Gasteiger partial charge is 0.388 e. The highest BCUT2D eigenvalue weighted by Crippen LogP contribution is 2.34. The highest BCUT2D eigenvalue weighted by molar-refractivity contribution is 5.80. The van der Waals surface area contributed by atoms with Crippen molar-refractivity contribution in [2.24, 2.45) is 0 Å². The van der Waals surface area contributed by atoms with Crippen LogP contribution in [0.1, 0.15) is 23.9 Å². The van der Waals surface area contributed by atoms with Crippen LogP contribution in [0.2, 0.25) is 0 Å². The normalized spacial score (nSPS) is 24.1. The molecule has 0 amide bonds. The lowest BCUT2D eigenvalue weighted by Gasteiger charge is -2.17. The fourth-order valence-corrected chi connectivity index (χ4v) is 4.14. The SMILES string of the molecule is Cc1ncnc2c1ccn2[C@@H]1O[C@H](CCc2ccc3ccc(N)nc3c2)[C@@H](O)[C@H]1O. The molecule has 4 atom stereocenters. The molecule has 0 aliphatic carbocycles. The van der Waals surface area contributed by atoms with E-state index in [0.717, 1.165) is 27.5 Å². The lowest BCUT2D eigenvalue weighted by molar-refractivity contribution is -0.0364. The third-order valence-corrected chi connectivity index (χ3v) is 5.82. The van der Waals surface area contributed by atoms with Crippen molar-refractivity contribution in [3.63, 3.8) is 0 Å². The van der Waals surface area contributed by atoms with Gasteiger partial charge in [0.2, 0.25) is 0 Å². The minimum absolute atomic E-state index is 0.484. The summed E-state index contributed by atoms with van der Waals surface area (Å²) in [6.07, 6.45) is 1.34. The van der Waals surface area contributed by atoms with Gasteiger partial charge >= 0.3 is 0 Å². The van der Waals surface area contributed by atoms with Gasteiger partial charge in [0.05, 0.1) is 17.3 Å². The molecule has 30 heavy (non-hydrogen) atoms. The molecular weight excluding hydrogens is 382 g/mol. The number of nitrogens with zero attached hydrogens (tertiary/aromatic N) is 4. The van der Waals surface area contributed by atoms with Crippen molar-refractivity contribution in [1.29, 1.82) is 0 Å². The Morgan fingerprint density at radius 3 is 2.80 bits per heavy atom. The minimum atomic E-state index is -1.04. The Morgan fingerprint density at radius 2 is 1.93 bits per heavy atom. The number of ether oxygens (including phenoxy) is 1. The predicted octanol–water partition coefficient (Wildman–Crippen LogP) is 2.12. The van der Waals surface area contributed by atoms with Crippen LogP contribution in [0.15, 0.2) is 48.9 Å². The Hall–Kier alpha value is -3.07. The van der Waals surface area contributed by atoms with Crippen molar-refractivity contribution in [3.8, 4) is 0 Å². The van der Waals surface area contributed by atoms with Crippen LogP contribution in [-0.4, -0.2) is 48.0 Å². The van der Waals surface area contributed by atoms with Gasteiger partial charge in [0.1, 0.15) is 30.0 Å². The number of hydrogen-bond donors (Lipinski definition) is 3. The van der Waals surface area contributed by atoms with Gasteiger partial charge in [0, 0.05) is 17.0 Å². The molecule has 4 N–H and O–H groups in total. The first kappa shape index (κ1) is 18.9. The lowest BCUT2D eigenvalue weighted by Crippen LogP contribution is -2.31. The molecule has 4 heterocycles. The van der Waals surface area contributed by atoms with E-state index in [-0.39, 0.29) is 0 Å². The van der Waals surface area contributed by atoms with Crippen molar-refractivity contribution < 1.29 is 14.9 Å². The minimum Gasteiger partial charge on any atom is -0.388 e. The third kappa shape index (κ3) is 3.19. The Morgan fingerprint density at radius 1 is 1.10 bits per heavy atom. The topological polar surface area (TPSA) is 119 Å². The van der Waals surface area contributed by atoms with Gasteiger partial charge in [-0.15, -0.1) is 0 Å². The molecule has 0 unspecified atom stereocenters. The standard InChI is InChI=1S/C22H23N5O3/c1-12-15-8-9-27(21(15)25-11-24-12)22-20(29)19(28)17(30-22)6-3-13-2-4-14-5-7-18(23)26-16(14)10-13/h2,4-5,7-11,17,19-20,22,28-29H,3,6H2,1H3,(H2,23,26)/t17-,19-,20-,22-/m1/s1. The molecule has 0 bridgehead atoms. The fraction of sp³-hybridized carbons (Fsp3) is 0.318. The number of nitrogens with two attached hydrogens (primary N) is 1. The maximum atomic E-state index is 10.6. The monoisotopic (exact) mass is 405 g/mol. The average molecular weight is 405 g/mol. The van der Waals surface area contributed by atoms with Gasteiger partial charge in [-0.3, -0.25) is 0 Å². The Bertz CT molecular complexity index is 1220. The van der Waals surface area contributed by atoms with E-state index in [9.17, 15) is 10.2 Å². The van der Waals surface area contributed by atoms with Gasteiger partial charge in [-0.05, 0) is 49.6 Å². The molecule has 0 spiro atoms. The number of aromatic nitrogens is 4. The molecule has 1 saturated heterocycles. The molecular formula is C22H23N5O3. The summed E-state index contributed by atoms with van der Waals surface area (Å²) >= 11 is 0. The molecule has 1 aromatic carbocycles. The molecule has 0 radical (unpaired) electrons. The zero-order chi connectivity index (χ0) is 20.8. The van der Waals surface area contributed by atoms with Gasteiger partial charge in [0.15, 0.2) is 6.23 Å². The first-order chi connectivity index (χ1) is 14.5. The van der Waals surface area contributed by atoms with Gasteiger partial charge < -0.3 is 25.3 Å². The van der Waals surface area contributed by atoms with Gasteiger partial charge in [-0.25, -0.2) is 15.0 Å². The number of fused-ring (bicyclic) bond motifs is 2. The van der Waals surface area contributed by atoms with E-state index in [2.05, 4.69) is 15.0 Å². The van der Waals surface area contributed by atoms with E-state index < -0.39 is 24.5 Å². The zero-order valence-corrected chi connectivity index (χ0v) is 16.5. The van der Waals surface area contributed by atoms with E-state index in [1.807, 2.05) is 43.5 Å². The third-order valence-electron chi connectivity index (χ3n) is 5.82. The number of nitrogen functional groups attached to an aromatic ring is 1. The molecule has 0 saturated carbocycles. The lowest BCUT2D eigenvalue weighted by atomic mass is 10.0. The van der Waals surface area contributed by atoms with Crippen LogP contribution in [0.4, 0.5) is 5.82 Å². The summed E-state index contributed by atoms with van der Waals surface area (Å²) in [6.45, 7) is 1.91. The van der Waals surface area contributed by atoms with Crippen LogP contribution in [0, 0.1) is 6.92 Å². The maximum absolute atomic E-state index is 10.6. The highest BCUT2D eigenvalue weighted by Gasteiger charge is 2.43. The number of aliphatic hydroxyl groups excluding tert-OH is 2. The maximum Gasteiger partial charge on any atom is 0.164 e. The summed E-state index contributed by atoms with van der Waals surface area (Å²) < 4.78 is 7.84. The zero-order valence-electron chi connectivity index (χ0n) is 16.5. The van der Waals surface area contributed by atoms with Gasteiger partial charge in [-0.1, -0.05) is 12.1 Å². The average Bonchev–Trinajstić information content (AvgIpc) is 3.29. The van der Waals surface area contributed by atoms with E-state index in [1.54, 1.807) is 10.6 Å². The molecule has 1 aliphatic rings. The Balaban J connectivity index is 1.34. The van der Waals surface area contributed by atoms with Crippen LogP contribution < -0.4 is 5.73 Å². The summed E-state index contributed by atoms with van der Waals surface area (Å²) in [5.41, 5.74) is 9.24. The smallest absolute Gasteiger partial charge is 0.164 e. The second-order valence-corrected chi connectivity index (χ2v) is 7.77. The van der Waals surface area contributed by atoms with Crippen LogP contribution in [0.5, 0.6) is 0 Å². The van der Waals surface area contributed by atoms with Crippen LogP contribution in [0.3, 0.4) is 0 Å². The number of pyridine rings is 1. The summed E-state index contributed by atoms with van der Waals surface area (Å²) in [7, 11) is 0. The van der Waals surface area contributed by atoms with Crippen molar-refractivity contribution in [2.75, 3.05) is 5.73 Å². The van der Waals surface area contributed by atoms with Gasteiger partial charge in [-0.2, -0.15) is 0 Å². The molecule has 1 aliphatic heterocycles. The number of rotatable bonds is 4. The summed E-state index contributed by atoms with van der Waals surface area (Å²) in [6, 6.07) is 11.7. The van der Waals surface area contributed by atoms with Crippen LogP contribution in [-0.2, 0) is 11.2 Å². The second kappa shape index (κ2) is 7.32. The van der Waals surface area contributed by atoms with E-state index in [4.69, 9.17) is 10.5 Å². The number of hydrogen-bond acceptors (Lipinski definition) is 7. The Kier molecular flexibility index (Phi) is 4.62. The predicted molar refractivity (Wildman–Crippen MR) is 113 cm³/mol. The number of aliphatic hydroxyl groups is 2. The van der Waals surface area contributed by atoms with Crippen LogP contribution in [0.25, 0.3) is 21.9 Å². The summed E-state index contributed by atoms with van der Waals surface area (Å²) in [4.78, 5) is 12.9. The van der Waals surface area contributed by atoms with Gasteiger partial charge in [0.25, 0.3) is 0 Å². The number of aryl methyl sites for hydroxylation is 2. The van der Waals surface area contributed by atoms with E-state index >= 15 is 0 Å². The van der Waals surface area contributed by atoms with Crippen LogP contribution >= 0.6 is 0 Å². The first-order valence-electron chi connectivity index (χ1n) is 9.96. The second-order valence-electron chi connectivity index (χ2n) is 7.77. The number of benzene rings is 1. The summed E-state index contributed by atoms with van der Waals surface area (Å²) in [5.74, 6) is 0.484. The summed E-state index contributed by atoms with van der Waals surface area (Å²) in [5, 5.41) is 23.1. The molecule has 154 valence electrons. The Labute approximate surface area is 173 Å². The quantitative estimate of drug-likeness (QED) is 0.476. The van der Waals surface area contributed by atoms with Crippen molar-refractivity contribution in [3.05, 3.63) is 60.2 Å². The molecule has 1 fully saturated rings.